The van der Waals surface area contributed by atoms with Crippen molar-refractivity contribution in [2.75, 3.05) is 0 Å². The van der Waals surface area contributed by atoms with Gasteiger partial charge in [0.2, 0.25) is 0 Å². The van der Waals surface area contributed by atoms with E-state index in [4.69, 9.17) is 0 Å². The Bertz CT molecular complexity index is 935. The van der Waals surface area contributed by atoms with Crippen LogP contribution in [0.25, 0.3) is 17.1 Å². The minimum atomic E-state index is 0.410. The zero-order valence-corrected chi connectivity index (χ0v) is 16.3. The second kappa shape index (κ2) is 6.43. The van der Waals surface area contributed by atoms with Crippen molar-refractivity contribution in [2.45, 2.75) is 47.6 Å². The minimum Gasteiger partial charge on any atom is -0.233 e. The average molecular weight is 336 g/mol. The van der Waals surface area contributed by atoms with Crippen LogP contribution in [0.3, 0.4) is 0 Å². The van der Waals surface area contributed by atoms with E-state index in [0.717, 1.165) is 5.82 Å². The molecule has 0 aliphatic rings. The molecule has 0 saturated carbocycles. The molecule has 3 aromatic rings. The van der Waals surface area contributed by atoms with Crippen LogP contribution in [0.4, 0.5) is 0 Å². The molecule has 2 aromatic heterocycles. The monoisotopic (exact) mass is 336 g/mol. The highest BCUT2D eigenvalue weighted by Gasteiger charge is 2.27. The first-order valence-corrected chi connectivity index (χ1v) is 8.84. The molecule has 0 unspecified atom stereocenters. The lowest BCUT2D eigenvalue weighted by Crippen LogP contribution is -2.37. The van der Waals surface area contributed by atoms with Crippen LogP contribution >= 0.6 is 0 Å². The summed E-state index contributed by atoms with van der Waals surface area (Å²) in [5.74, 6) is 2.24. The summed E-state index contributed by atoms with van der Waals surface area (Å²) in [5.41, 5.74) is 6.39. The van der Waals surface area contributed by atoms with Gasteiger partial charge in [-0.3, -0.25) is 0 Å². The molecule has 0 atom stereocenters. The van der Waals surface area contributed by atoms with Gasteiger partial charge in [0, 0.05) is 18.6 Å². The Kier molecular flexibility index (Phi) is 4.46. The van der Waals surface area contributed by atoms with E-state index in [1.807, 2.05) is 12.3 Å². The van der Waals surface area contributed by atoms with Crippen LogP contribution in [0.5, 0.6) is 0 Å². The van der Waals surface area contributed by atoms with Gasteiger partial charge >= 0.3 is 0 Å². The van der Waals surface area contributed by atoms with Crippen LogP contribution < -0.4 is 9.13 Å². The van der Waals surface area contributed by atoms with Crippen molar-refractivity contribution in [1.82, 2.24) is 9.55 Å². The van der Waals surface area contributed by atoms with Crippen LogP contribution in [0.2, 0.25) is 0 Å². The fraction of sp³-hybridized carbons (Fsp3) is 0.381. The number of hydrogen-bond donors (Lipinski definition) is 0. The standard InChI is InChI=1S/C21H28N4/c1-14(2)24-12-11-23(7)21(24)19-15(3)13-16(4)20(17(19)5)25-10-8-9-22-18(25)6/h8-14H,1-7H3/q+2. The molecule has 4 nitrogen and oxygen atoms in total. The van der Waals surface area contributed by atoms with E-state index in [9.17, 15) is 0 Å². The summed E-state index contributed by atoms with van der Waals surface area (Å²) in [6.45, 7) is 13.1. The van der Waals surface area contributed by atoms with Gasteiger partial charge in [-0.05, 0) is 45.7 Å². The van der Waals surface area contributed by atoms with Crippen LogP contribution in [0.1, 0.15) is 42.4 Å². The number of benzene rings is 1. The second-order valence-electron chi connectivity index (χ2n) is 7.13. The van der Waals surface area contributed by atoms with Crippen molar-refractivity contribution in [3.63, 3.8) is 0 Å². The van der Waals surface area contributed by atoms with Gasteiger partial charge in [0.05, 0.1) is 18.7 Å². The third kappa shape index (κ3) is 2.86. The highest BCUT2D eigenvalue weighted by molar-refractivity contribution is 5.68. The fourth-order valence-electron chi connectivity index (χ4n) is 3.79. The Morgan fingerprint density at radius 3 is 2.40 bits per heavy atom. The van der Waals surface area contributed by atoms with Crippen molar-refractivity contribution >= 4 is 0 Å². The van der Waals surface area contributed by atoms with E-state index < -0.39 is 0 Å². The molecular formula is C21H28N4+2. The van der Waals surface area contributed by atoms with Crippen LogP contribution in [0.15, 0.2) is 36.9 Å². The smallest absolute Gasteiger partial charge is 0.233 e. The lowest BCUT2D eigenvalue weighted by atomic mass is 9.96. The third-order valence-electron chi connectivity index (χ3n) is 4.91. The fourth-order valence-corrected chi connectivity index (χ4v) is 3.79. The zero-order chi connectivity index (χ0) is 18.3. The highest BCUT2D eigenvalue weighted by atomic mass is 15.2. The summed E-state index contributed by atoms with van der Waals surface area (Å²) in [6.07, 6.45) is 8.24. The van der Waals surface area contributed by atoms with E-state index in [1.165, 1.54) is 33.8 Å². The van der Waals surface area contributed by atoms with Crippen molar-refractivity contribution in [1.29, 1.82) is 0 Å². The van der Waals surface area contributed by atoms with Crippen molar-refractivity contribution < 1.29 is 9.13 Å². The molecular weight excluding hydrogens is 308 g/mol. The van der Waals surface area contributed by atoms with E-state index in [2.05, 4.69) is 91.9 Å². The Morgan fingerprint density at radius 2 is 1.76 bits per heavy atom. The van der Waals surface area contributed by atoms with Gasteiger partial charge in [0.1, 0.15) is 30.5 Å². The predicted molar refractivity (Wildman–Crippen MR) is 99.7 cm³/mol. The molecule has 0 N–H and O–H groups in total. The van der Waals surface area contributed by atoms with E-state index >= 15 is 0 Å². The van der Waals surface area contributed by atoms with Gasteiger partial charge in [-0.2, -0.15) is 4.57 Å². The summed E-state index contributed by atoms with van der Waals surface area (Å²) in [4.78, 5) is 4.47. The maximum atomic E-state index is 4.47. The maximum Gasteiger partial charge on any atom is 0.300 e. The number of rotatable bonds is 3. The molecule has 130 valence electrons. The number of aromatic nitrogens is 4. The van der Waals surface area contributed by atoms with Crippen molar-refractivity contribution in [3.05, 3.63) is 59.4 Å². The minimum absolute atomic E-state index is 0.410. The van der Waals surface area contributed by atoms with E-state index in [1.54, 1.807) is 0 Å². The first-order valence-electron chi connectivity index (χ1n) is 8.84. The third-order valence-corrected chi connectivity index (χ3v) is 4.91. The molecule has 3 rings (SSSR count). The average Bonchev–Trinajstić information content (AvgIpc) is 2.91. The summed E-state index contributed by atoms with van der Waals surface area (Å²) in [5, 5.41) is 0. The first kappa shape index (κ1) is 17.3. The topological polar surface area (TPSA) is 25.6 Å². The van der Waals surface area contributed by atoms with Gasteiger partial charge < -0.3 is 0 Å². The zero-order valence-electron chi connectivity index (χ0n) is 16.3. The quantitative estimate of drug-likeness (QED) is 0.673. The maximum absolute atomic E-state index is 4.47. The molecule has 0 aliphatic heterocycles. The molecule has 0 aliphatic carbocycles. The molecule has 0 amide bonds. The Hall–Kier alpha value is -2.49. The largest absolute Gasteiger partial charge is 0.300 e. The first-order chi connectivity index (χ1) is 11.8. The molecule has 25 heavy (non-hydrogen) atoms. The summed E-state index contributed by atoms with van der Waals surface area (Å²) < 4.78 is 6.75. The number of imidazole rings is 1. The molecule has 4 heteroatoms. The summed E-state index contributed by atoms with van der Waals surface area (Å²) in [7, 11) is 2.12. The van der Waals surface area contributed by atoms with Crippen molar-refractivity contribution in [2.24, 2.45) is 7.05 Å². The lowest BCUT2D eigenvalue weighted by molar-refractivity contribution is -0.659. The Morgan fingerprint density at radius 1 is 1.04 bits per heavy atom. The SMILES string of the molecule is Cc1cc(C)c(-[n+]2cccnc2C)c(C)c1-c1n(C(C)C)cc[n+]1C. The van der Waals surface area contributed by atoms with Gasteiger partial charge in [-0.1, -0.05) is 11.1 Å². The van der Waals surface area contributed by atoms with Crippen LogP contribution in [-0.2, 0) is 7.05 Å². The van der Waals surface area contributed by atoms with E-state index in [0.29, 0.717) is 6.04 Å². The number of hydrogen-bond acceptors (Lipinski definition) is 1. The molecule has 0 saturated heterocycles. The van der Waals surface area contributed by atoms with Gasteiger partial charge in [0.25, 0.3) is 11.6 Å². The Labute approximate surface area is 150 Å². The van der Waals surface area contributed by atoms with Gasteiger partial charge in [-0.25, -0.2) is 9.13 Å². The Balaban J connectivity index is 2.36. The molecule has 0 spiro atoms. The summed E-state index contributed by atoms with van der Waals surface area (Å²) in [6, 6.07) is 4.68. The van der Waals surface area contributed by atoms with Gasteiger partial charge in [0.15, 0.2) is 0 Å². The molecule has 0 bridgehead atoms. The van der Waals surface area contributed by atoms with Crippen LogP contribution in [0, 0.1) is 27.7 Å². The lowest BCUT2D eigenvalue weighted by Gasteiger charge is -2.16. The second-order valence-corrected chi connectivity index (χ2v) is 7.13. The summed E-state index contributed by atoms with van der Waals surface area (Å²) >= 11 is 0. The molecule has 0 radical (unpaired) electrons. The normalized spacial score (nSPS) is 11.4. The van der Waals surface area contributed by atoms with E-state index in [-0.39, 0.29) is 0 Å². The molecule has 0 fully saturated rings. The molecule has 2 heterocycles. The van der Waals surface area contributed by atoms with Crippen molar-refractivity contribution in [3.8, 4) is 17.1 Å². The van der Waals surface area contributed by atoms with Gasteiger partial charge in [-0.15, -0.1) is 0 Å². The number of nitrogens with zero attached hydrogens (tertiary/aromatic N) is 4. The number of aryl methyl sites for hydroxylation is 4. The highest BCUT2D eigenvalue weighted by Crippen LogP contribution is 2.31. The van der Waals surface area contributed by atoms with Crippen LogP contribution in [-0.4, -0.2) is 9.55 Å². The molecule has 1 aromatic carbocycles. The predicted octanol–water partition coefficient (Wildman–Crippen LogP) is 3.47.